The van der Waals surface area contributed by atoms with Crippen molar-refractivity contribution in [2.24, 2.45) is 0 Å². The van der Waals surface area contributed by atoms with Gasteiger partial charge in [-0.05, 0) is 27.7 Å². The first-order valence-corrected chi connectivity index (χ1v) is 4.51. The Balaban J connectivity index is 3.12. The first kappa shape index (κ1) is 10.8. The van der Waals surface area contributed by atoms with Gasteiger partial charge in [-0.25, -0.2) is 4.79 Å². The summed E-state index contributed by atoms with van der Waals surface area (Å²) in [7, 11) is 1.37. The predicted octanol–water partition coefficient (Wildman–Crippen LogP) is 1.73. The maximum absolute atomic E-state index is 11.3. The molecule has 0 aromatic carbocycles. The number of esters is 1. The van der Waals surface area contributed by atoms with Gasteiger partial charge in [0.15, 0.2) is 0 Å². The van der Waals surface area contributed by atoms with E-state index in [4.69, 9.17) is 0 Å². The second-order valence-corrected chi connectivity index (χ2v) is 4.24. The largest absolute Gasteiger partial charge is 0.465 e. The maximum atomic E-state index is 11.3. The van der Waals surface area contributed by atoms with Gasteiger partial charge in [-0.2, -0.15) is 5.10 Å². The number of aromatic nitrogens is 2. The van der Waals surface area contributed by atoms with Crippen molar-refractivity contribution in [3.63, 3.8) is 0 Å². The number of rotatable bonds is 1. The quantitative estimate of drug-likeness (QED) is 0.642. The summed E-state index contributed by atoms with van der Waals surface area (Å²) in [6.45, 7) is 7.88. The number of methoxy groups -OCH3 is 1. The van der Waals surface area contributed by atoms with E-state index in [0.717, 1.165) is 0 Å². The zero-order valence-electron chi connectivity index (χ0n) is 9.29. The highest BCUT2D eigenvalue weighted by Gasteiger charge is 2.19. The fourth-order valence-corrected chi connectivity index (χ4v) is 1.11. The summed E-state index contributed by atoms with van der Waals surface area (Å²) in [5, 5.41) is 4.27. The molecule has 0 fully saturated rings. The van der Waals surface area contributed by atoms with Crippen molar-refractivity contribution < 1.29 is 9.53 Å². The van der Waals surface area contributed by atoms with Gasteiger partial charge in [0.1, 0.15) is 5.56 Å². The van der Waals surface area contributed by atoms with Crippen LogP contribution in [0.2, 0.25) is 0 Å². The lowest BCUT2D eigenvalue weighted by Crippen LogP contribution is -2.22. The molecule has 0 amide bonds. The second kappa shape index (κ2) is 3.44. The third-order valence-electron chi connectivity index (χ3n) is 1.99. The van der Waals surface area contributed by atoms with Crippen molar-refractivity contribution in [1.82, 2.24) is 9.78 Å². The van der Waals surface area contributed by atoms with Gasteiger partial charge in [0.05, 0.1) is 18.3 Å². The summed E-state index contributed by atoms with van der Waals surface area (Å²) >= 11 is 0. The zero-order chi connectivity index (χ0) is 10.9. The fraction of sp³-hybridized carbons (Fsp3) is 0.600. The highest BCUT2D eigenvalue weighted by atomic mass is 16.5. The molecule has 0 radical (unpaired) electrons. The minimum absolute atomic E-state index is 0.114. The standard InChI is InChI=1S/C10H16N2O2/c1-7-8(9(13)14-5)6-12(11-7)10(2,3)4/h6H,1-5H3. The molecule has 1 aromatic rings. The average molecular weight is 196 g/mol. The molecule has 14 heavy (non-hydrogen) atoms. The van der Waals surface area contributed by atoms with Gasteiger partial charge >= 0.3 is 5.97 Å². The molecule has 0 saturated carbocycles. The lowest BCUT2D eigenvalue weighted by molar-refractivity contribution is 0.0599. The Morgan fingerprint density at radius 1 is 1.50 bits per heavy atom. The third kappa shape index (κ3) is 1.95. The van der Waals surface area contributed by atoms with Gasteiger partial charge in [-0.15, -0.1) is 0 Å². The van der Waals surface area contributed by atoms with Crippen molar-refractivity contribution >= 4 is 5.97 Å². The number of hydrogen-bond acceptors (Lipinski definition) is 3. The monoisotopic (exact) mass is 196 g/mol. The molecule has 0 atom stereocenters. The first-order valence-electron chi connectivity index (χ1n) is 4.51. The van der Waals surface area contributed by atoms with Crippen molar-refractivity contribution in [1.29, 1.82) is 0 Å². The number of ether oxygens (including phenoxy) is 1. The summed E-state index contributed by atoms with van der Waals surface area (Å²) in [6, 6.07) is 0. The third-order valence-corrected chi connectivity index (χ3v) is 1.99. The molecule has 0 aliphatic rings. The van der Waals surface area contributed by atoms with Crippen molar-refractivity contribution in [3.05, 3.63) is 17.5 Å². The first-order chi connectivity index (χ1) is 6.36. The summed E-state index contributed by atoms with van der Waals surface area (Å²) in [5.41, 5.74) is 1.12. The van der Waals surface area contributed by atoms with E-state index in [1.807, 2.05) is 20.8 Å². The van der Waals surface area contributed by atoms with E-state index in [-0.39, 0.29) is 11.5 Å². The minimum atomic E-state index is -0.335. The molecular weight excluding hydrogens is 180 g/mol. The van der Waals surface area contributed by atoms with Crippen LogP contribution in [0.3, 0.4) is 0 Å². The van der Waals surface area contributed by atoms with Crippen LogP contribution in [0.4, 0.5) is 0 Å². The van der Waals surface area contributed by atoms with Crippen molar-refractivity contribution in [3.8, 4) is 0 Å². The molecule has 0 spiro atoms. The van der Waals surface area contributed by atoms with Crippen LogP contribution in [0.5, 0.6) is 0 Å². The Hall–Kier alpha value is -1.32. The molecule has 1 heterocycles. The van der Waals surface area contributed by atoms with E-state index in [0.29, 0.717) is 11.3 Å². The average Bonchev–Trinajstić information content (AvgIpc) is 2.45. The van der Waals surface area contributed by atoms with Crippen LogP contribution in [-0.2, 0) is 10.3 Å². The van der Waals surface area contributed by atoms with Crippen LogP contribution in [0, 0.1) is 6.92 Å². The van der Waals surface area contributed by atoms with Gasteiger partial charge in [0, 0.05) is 6.20 Å². The molecule has 78 valence electrons. The highest BCUT2D eigenvalue weighted by molar-refractivity contribution is 5.90. The number of hydrogen-bond donors (Lipinski definition) is 0. The molecule has 0 saturated heterocycles. The molecule has 0 aliphatic heterocycles. The minimum Gasteiger partial charge on any atom is -0.465 e. The molecule has 4 heteroatoms. The van der Waals surface area contributed by atoms with Crippen molar-refractivity contribution in [2.75, 3.05) is 7.11 Å². The lowest BCUT2D eigenvalue weighted by Gasteiger charge is -2.18. The molecule has 0 bridgehead atoms. The lowest BCUT2D eigenvalue weighted by atomic mass is 10.1. The van der Waals surface area contributed by atoms with E-state index < -0.39 is 0 Å². The van der Waals surface area contributed by atoms with E-state index in [9.17, 15) is 4.79 Å². The van der Waals surface area contributed by atoms with Crippen molar-refractivity contribution in [2.45, 2.75) is 33.2 Å². The van der Waals surface area contributed by atoms with Crippen LogP contribution >= 0.6 is 0 Å². The number of aryl methyl sites for hydroxylation is 1. The SMILES string of the molecule is COC(=O)c1cn(C(C)(C)C)nc1C. The predicted molar refractivity (Wildman–Crippen MR) is 53.3 cm³/mol. The summed E-state index contributed by atoms with van der Waals surface area (Å²) in [4.78, 5) is 11.3. The number of carbonyl (C=O) groups is 1. The van der Waals surface area contributed by atoms with E-state index in [1.54, 1.807) is 17.8 Å². The smallest absolute Gasteiger partial charge is 0.341 e. The summed E-state index contributed by atoms with van der Waals surface area (Å²) < 4.78 is 6.42. The van der Waals surface area contributed by atoms with Crippen LogP contribution < -0.4 is 0 Å². The van der Waals surface area contributed by atoms with E-state index in [2.05, 4.69) is 9.84 Å². The van der Waals surface area contributed by atoms with Gasteiger partial charge in [0.25, 0.3) is 0 Å². The Kier molecular flexibility index (Phi) is 2.64. The zero-order valence-corrected chi connectivity index (χ0v) is 9.29. The summed E-state index contributed by atoms with van der Waals surface area (Å²) in [5.74, 6) is -0.335. The Bertz CT molecular complexity index is 347. The van der Waals surface area contributed by atoms with Crippen LogP contribution in [0.1, 0.15) is 36.8 Å². The molecular formula is C10H16N2O2. The highest BCUT2D eigenvalue weighted by Crippen LogP contribution is 2.16. The molecule has 1 aromatic heterocycles. The second-order valence-electron chi connectivity index (χ2n) is 4.24. The molecule has 0 aliphatic carbocycles. The van der Waals surface area contributed by atoms with Crippen LogP contribution in [-0.4, -0.2) is 22.9 Å². The maximum Gasteiger partial charge on any atom is 0.341 e. The van der Waals surface area contributed by atoms with E-state index in [1.165, 1.54) is 7.11 Å². The Morgan fingerprint density at radius 2 is 2.07 bits per heavy atom. The molecule has 0 unspecified atom stereocenters. The molecule has 1 rings (SSSR count). The fourth-order valence-electron chi connectivity index (χ4n) is 1.11. The van der Waals surface area contributed by atoms with Gasteiger partial charge in [-0.3, -0.25) is 4.68 Å². The van der Waals surface area contributed by atoms with Crippen LogP contribution in [0.25, 0.3) is 0 Å². The van der Waals surface area contributed by atoms with Crippen LogP contribution in [0.15, 0.2) is 6.20 Å². The number of nitrogens with zero attached hydrogens (tertiary/aromatic N) is 2. The van der Waals surface area contributed by atoms with E-state index >= 15 is 0 Å². The molecule has 4 nitrogen and oxygen atoms in total. The topological polar surface area (TPSA) is 44.1 Å². The van der Waals surface area contributed by atoms with Gasteiger partial charge in [0.2, 0.25) is 0 Å². The number of carbonyl (C=O) groups excluding carboxylic acids is 1. The van der Waals surface area contributed by atoms with Gasteiger partial charge < -0.3 is 4.74 Å². The summed E-state index contributed by atoms with van der Waals surface area (Å²) in [6.07, 6.45) is 1.72. The Morgan fingerprint density at radius 3 is 2.43 bits per heavy atom. The van der Waals surface area contributed by atoms with Gasteiger partial charge in [-0.1, -0.05) is 0 Å². The normalized spacial score (nSPS) is 11.5. The molecule has 0 N–H and O–H groups in total. The Labute approximate surface area is 83.9 Å².